The molecule has 2 amide bonds. The Hall–Kier alpha value is -1.93. The van der Waals surface area contributed by atoms with E-state index in [2.05, 4.69) is 15.6 Å². The zero-order valence-corrected chi connectivity index (χ0v) is 14.5. The first-order valence-electron chi connectivity index (χ1n) is 7.03. The van der Waals surface area contributed by atoms with Crippen LogP contribution in [0.5, 0.6) is 11.5 Å². The van der Waals surface area contributed by atoms with Crippen LogP contribution in [0.25, 0.3) is 0 Å². The second-order valence-electron chi connectivity index (χ2n) is 4.99. The van der Waals surface area contributed by atoms with E-state index in [1.54, 1.807) is 29.2 Å². The van der Waals surface area contributed by atoms with Gasteiger partial charge in [-0.05, 0) is 24.8 Å². The van der Waals surface area contributed by atoms with Crippen LogP contribution in [0.3, 0.4) is 0 Å². The first-order valence-corrected chi connectivity index (χ1v) is 9.30. The van der Waals surface area contributed by atoms with Crippen molar-refractivity contribution in [3.63, 3.8) is 0 Å². The van der Waals surface area contributed by atoms with Gasteiger partial charge in [0.05, 0.1) is 12.2 Å². The number of aryl methyl sites for hydroxylation is 1. The van der Waals surface area contributed by atoms with Crippen molar-refractivity contribution in [3.8, 4) is 11.5 Å². The topological polar surface area (TPSA) is 72.5 Å². The highest BCUT2D eigenvalue weighted by molar-refractivity contribution is 7.97. The molecule has 122 valence electrons. The molecule has 8 heteroatoms. The van der Waals surface area contributed by atoms with Gasteiger partial charge in [-0.2, -0.15) is 11.8 Å². The predicted octanol–water partition coefficient (Wildman–Crippen LogP) is 3.36. The van der Waals surface area contributed by atoms with Crippen molar-refractivity contribution in [1.29, 1.82) is 0 Å². The molecule has 0 aliphatic carbocycles. The summed E-state index contributed by atoms with van der Waals surface area (Å²) in [5.74, 6) is 2.25. The van der Waals surface area contributed by atoms with Crippen molar-refractivity contribution in [2.45, 2.75) is 19.2 Å². The molecule has 0 spiro atoms. The highest BCUT2D eigenvalue weighted by atomic mass is 32.2. The Morgan fingerprint density at radius 1 is 1.39 bits per heavy atom. The summed E-state index contributed by atoms with van der Waals surface area (Å²) < 4.78 is 10.6. The van der Waals surface area contributed by atoms with E-state index in [9.17, 15) is 4.79 Å². The van der Waals surface area contributed by atoms with Gasteiger partial charge >= 0.3 is 6.03 Å². The van der Waals surface area contributed by atoms with Crippen molar-refractivity contribution in [2.75, 3.05) is 18.4 Å². The van der Waals surface area contributed by atoms with Crippen LogP contribution in [0.15, 0.2) is 17.5 Å². The number of benzene rings is 1. The van der Waals surface area contributed by atoms with E-state index in [0.717, 1.165) is 22.0 Å². The maximum atomic E-state index is 12.0. The van der Waals surface area contributed by atoms with Crippen LogP contribution in [-0.4, -0.2) is 24.1 Å². The van der Waals surface area contributed by atoms with Crippen LogP contribution in [0.1, 0.15) is 16.3 Å². The third kappa shape index (κ3) is 3.89. The van der Waals surface area contributed by atoms with Gasteiger partial charge in [-0.1, -0.05) is 0 Å². The van der Waals surface area contributed by atoms with E-state index < -0.39 is 0 Å². The number of fused-ring (bicyclic) bond motifs is 1. The fraction of sp³-hybridized carbons (Fsp3) is 0.333. The van der Waals surface area contributed by atoms with Crippen molar-refractivity contribution < 1.29 is 14.3 Å². The van der Waals surface area contributed by atoms with Crippen LogP contribution in [-0.2, 0) is 12.3 Å². The number of hydrogen-bond donors (Lipinski definition) is 2. The minimum atomic E-state index is -0.272. The summed E-state index contributed by atoms with van der Waals surface area (Å²) in [6, 6.07) is 3.36. The second-order valence-corrected chi connectivity index (χ2v) is 6.80. The molecule has 6 nitrogen and oxygen atoms in total. The number of thiazole rings is 1. The summed E-state index contributed by atoms with van der Waals surface area (Å²) in [5, 5.41) is 8.68. The highest BCUT2D eigenvalue weighted by Crippen LogP contribution is 2.36. The molecule has 0 fully saturated rings. The molecule has 2 aromatic rings. The number of aromatic nitrogens is 1. The fourth-order valence-corrected chi connectivity index (χ4v) is 3.65. The number of rotatable bonds is 5. The van der Waals surface area contributed by atoms with Crippen molar-refractivity contribution in [2.24, 2.45) is 0 Å². The van der Waals surface area contributed by atoms with Crippen LogP contribution in [0, 0.1) is 6.92 Å². The molecule has 2 N–H and O–H groups in total. The molecule has 0 unspecified atom stereocenters. The number of nitrogens with zero attached hydrogens (tertiary/aromatic N) is 1. The van der Waals surface area contributed by atoms with Gasteiger partial charge in [-0.15, -0.1) is 11.3 Å². The van der Waals surface area contributed by atoms with Gasteiger partial charge in [0, 0.05) is 22.9 Å². The summed E-state index contributed by atoms with van der Waals surface area (Å²) in [7, 11) is 0. The quantitative estimate of drug-likeness (QED) is 0.864. The summed E-state index contributed by atoms with van der Waals surface area (Å²) in [5.41, 5.74) is 2.49. The highest BCUT2D eigenvalue weighted by Gasteiger charge is 2.16. The minimum Gasteiger partial charge on any atom is -0.454 e. The van der Waals surface area contributed by atoms with Crippen LogP contribution in [0.2, 0.25) is 0 Å². The first-order chi connectivity index (χ1) is 11.2. The van der Waals surface area contributed by atoms with E-state index in [1.165, 1.54) is 0 Å². The lowest BCUT2D eigenvalue weighted by Crippen LogP contribution is -2.28. The van der Waals surface area contributed by atoms with Gasteiger partial charge < -0.3 is 20.1 Å². The Labute approximate surface area is 142 Å². The van der Waals surface area contributed by atoms with E-state index >= 15 is 0 Å². The summed E-state index contributed by atoms with van der Waals surface area (Å²) in [4.78, 5) is 16.5. The van der Waals surface area contributed by atoms with Gasteiger partial charge in [0.1, 0.15) is 5.01 Å². The maximum Gasteiger partial charge on any atom is 0.319 e. The second kappa shape index (κ2) is 7.10. The molecule has 0 saturated heterocycles. The standard InChI is InChI=1S/C15H17N3O3S2/c1-9-3-12-13(21-8-20-12)4-11(9)18-15(19)16-5-10-6-23-14(17-10)7-22-2/h3-4,6H,5,7-8H2,1-2H3,(H2,16,18,19). The molecule has 0 saturated carbocycles. The molecule has 0 bridgehead atoms. The number of amides is 2. The van der Waals surface area contributed by atoms with Gasteiger partial charge in [0.25, 0.3) is 0 Å². The van der Waals surface area contributed by atoms with E-state index in [-0.39, 0.29) is 12.8 Å². The van der Waals surface area contributed by atoms with Gasteiger partial charge in [0.2, 0.25) is 6.79 Å². The van der Waals surface area contributed by atoms with Gasteiger partial charge in [-0.25, -0.2) is 9.78 Å². The number of anilines is 1. The minimum absolute atomic E-state index is 0.215. The van der Waals surface area contributed by atoms with Crippen molar-refractivity contribution >= 4 is 34.8 Å². The summed E-state index contributed by atoms with van der Waals surface area (Å²) in [6.07, 6.45) is 2.04. The van der Waals surface area contributed by atoms with Crippen molar-refractivity contribution in [1.82, 2.24) is 10.3 Å². The molecular weight excluding hydrogens is 334 g/mol. The SMILES string of the molecule is CSCc1nc(CNC(=O)Nc2cc3c(cc2C)OCO3)cs1. The molecule has 0 atom stereocenters. The molecule has 1 aliphatic heterocycles. The Morgan fingerprint density at radius 3 is 2.96 bits per heavy atom. The molecule has 0 radical (unpaired) electrons. The van der Waals surface area contributed by atoms with E-state index in [1.807, 2.05) is 24.6 Å². The Balaban J connectivity index is 1.57. The van der Waals surface area contributed by atoms with Crippen LogP contribution < -0.4 is 20.1 Å². The lowest BCUT2D eigenvalue weighted by molar-refractivity contribution is 0.174. The van der Waals surface area contributed by atoms with Gasteiger partial charge in [0.15, 0.2) is 11.5 Å². The Kier molecular flexibility index (Phi) is 4.92. The molecule has 1 aliphatic rings. The molecule has 23 heavy (non-hydrogen) atoms. The number of carbonyl (C=O) groups excluding carboxylic acids is 1. The molecule has 1 aromatic heterocycles. The molecule has 3 rings (SSSR count). The van der Waals surface area contributed by atoms with Gasteiger partial charge in [-0.3, -0.25) is 0 Å². The number of nitrogens with one attached hydrogen (secondary N) is 2. The largest absolute Gasteiger partial charge is 0.454 e. The van der Waals surface area contributed by atoms with Crippen LogP contribution >= 0.6 is 23.1 Å². The molecule has 2 heterocycles. The monoisotopic (exact) mass is 351 g/mol. The molecular formula is C15H17N3O3S2. The smallest absolute Gasteiger partial charge is 0.319 e. The fourth-order valence-electron chi connectivity index (χ4n) is 2.14. The van der Waals surface area contributed by atoms with E-state index in [4.69, 9.17) is 9.47 Å². The maximum absolute atomic E-state index is 12.0. The third-order valence-corrected chi connectivity index (χ3v) is 4.91. The predicted molar refractivity (Wildman–Crippen MR) is 92.5 cm³/mol. The lowest BCUT2D eigenvalue weighted by Gasteiger charge is -2.10. The van der Waals surface area contributed by atoms with Crippen molar-refractivity contribution in [3.05, 3.63) is 33.8 Å². The summed E-state index contributed by atoms with van der Waals surface area (Å²) >= 11 is 3.34. The third-order valence-electron chi connectivity index (χ3n) is 3.26. The number of carbonyl (C=O) groups is 1. The average molecular weight is 351 g/mol. The zero-order chi connectivity index (χ0) is 16.2. The van der Waals surface area contributed by atoms with Crippen LogP contribution in [0.4, 0.5) is 10.5 Å². The Morgan fingerprint density at radius 2 is 2.17 bits per heavy atom. The van der Waals surface area contributed by atoms with E-state index in [0.29, 0.717) is 23.7 Å². The number of urea groups is 1. The lowest BCUT2D eigenvalue weighted by atomic mass is 10.2. The Bertz CT molecular complexity index is 718. The summed E-state index contributed by atoms with van der Waals surface area (Å²) in [6.45, 7) is 2.53. The number of ether oxygens (including phenoxy) is 2. The average Bonchev–Trinajstić information content (AvgIpc) is 3.15. The first kappa shape index (κ1) is 15.9. The number of thioether (sulfide) groups is 1. The molecule has 1 aromatic carbocycles. The number of hydrogen-bond acceptors (Lipinski definition) is 6. The zero-order valence-electron chi connectivity index (χ0n) is 12.8. The normalized spacial score (nSPS) is 12.3.